The quantitative estimate of drug-likeness (QED) is 0.742. The standard InChI is InChI=1S/C8H7ClN2S/c1-11-12-8-3-2-6(5-10)4-7(8)9/h2-4,11H,1H3. The summed E-state index contributed by atoms with van der Waals surface area (Å²) >= 11 is 7.30. The molecule has 0 aliphatic carbocycles. The summed E-state index contributed by atoms with van der Waals surface area (Å²) in [6.07, 6.45) is 0. The van der Waals surface area contributed by atoms with E-state index in [9.17, 15) is 0 Å². The van der Waals surface area contributed by atoms with Crippen LogP contribution in [0.3, 0.4) is 0 Å². The lowest BCUT2D eigenvalue weighted by Gasteiger charge is -2.01. The molecule has 0 radical (unpaired) electrons. The van der Waals surface area contributed by atoms with Gasteiger partial charge in [-0.25, -0.2) is 0 Å². The van der Waals surface area contributed by atoms with Crippen LogP contribution in [0.25, 0.3) is 0 Å². The van der Waals surface area contributed by atoms with Gasteiger partial charge < -0.3 is 0 Å². The molecule has 0 saturated heterocycles. The molecule has 12 heavy (non-hydrogen) atoms. The highest BCUT2D eigenvalue weighted by molar-refractivity contribution is 7.97. The third-order valence-electron chi connectivity index (χ3n) is 1.27. The van der Waals surface area contributed by atoms with E-state index >= 15 is 0 Å². The van der Waals surface area contributed by atoms with Crippen LogP contribution in [0.4, 0.5) is 0 Å². The normalized spacial score (nSPS) is 9.42. The highest BCUT2D eigenvalue weighted by atomic mass is 35.5. The van der Waals surface area contributed by atoms with E-state index < -0.39 is 0 Å². The van der Waals surface area contributed by atoms with Crippen LogP contribution in [-0.2, 0) is 0 Å². The first-order valence-corrected chi connectivity index (χ1v) is 4.50. The van der Waals surface area contributed by atoms with Crippen molar-refractivity contribution in [2.24, 2.45) is 0 Å². The maximum absolute atomic E-state index is 8.55. The van der Waals surface area contributed by atoms with Crippen molar-refractivity contribution in [2.75, 3.05) is 7.05 Å². The van der Waals surface area contributed by atoms with E-state index in [-0.39, 0.29) is 0 Å². The molecule has 1 aromatic rings. The zero-order valence-corrected chi connectivity index (χ0v) is 8.04. The summed E-state index contributed by atoms with van der Waals surface area (Å²) in [5.41, 5.74) is 0.584. The minimum Gasteiger partial charge on any atom is -0.263 e. The number of benzene rings is 1. The molecule has 2 nitrogen and oxygen atoms in total. The highest BCUT2D eigenvalue weighted by Crippen LogP contribution is 2.25. The third kappa shape index (κ3) is 2.15. The van der Waals surface area contributed by atoms with Crippen LogP contribution in [0.2, 0.25) is 5.02 Å². The fourth-order valence-corrected chi connectivity index (χ4v) is 1.57. The zero-order valence-electron chi connectivity index (χ0n) is 6.47. The van der Waals surface area contributed by atoms with Gasteiger partial charge in [-0.3, -0.25) is 4.72 Å². The van der Waals surface area contributed by atoms with Crippen molar-refractivity contribution in [3.05, 3.63) is 28.8 Å². The fourth-order valence-electron chi connectivity index (χ4n) is 0.763. The van der Waals surface area contributed by atoms with Crippen molar-refractivity contribution < 1.29 is 0 Å². The van der Waals surface area contributed by atoms with Gasteiger partial charge in [-0.05, 0) is 37.2 Å². The van der Waals surface area contributed by atoms with Gasteiger partial charge in [-0.2, -0.15) is 5.26 Å². The molecule has 0 aliphatic rings. The molecule has 1 N–H and O–H groups in total. The molecule has 4 heteroatoms. The summed E-state index contributed by atoms with van der Waals surface area (Å²) in [5.74, 6) is 0. The average Bonchev–Trinajstić information content (AvgIpc) is 2.09. The van der Waals surface area contributed by atoms with Crippen molar-refractivity contribution in [1.82, 2.24) is 4.72 Å². The maximum atomic E-state index is 8.55. The Bertz CT molecular complexity index is 319. The van der Waals surface area contributed by atoms with E-state index in [1.54, 1.807) is 12.1 Å². The third-order valence-corrected chi connectivity index (χ3v) is 2.48. The molecule has 0 saturated carbocycles. The maximum Gasteiger partial charge on any atom is 0.0992 e. The molecule has 0 atom stereocenters. The van der Waals surface area contributed by atoms with Crippen LogP contribution in [0.5, 0.6) is 0 Å². The first-order valence-electron chi connectivity index (χ1n) is 3.31. The second-order valence-electron chi connectivity index (χ2n) is 2.06. The van der Waals surface area contributed by atoms with Crippen LogP contribution in [0.15, 0.2) is 23.1 Å². The number of nitrogens with zero attached hydrogens (tertiary/aromatic N) is 1. The van der Waals surface area contributed by atoms with Gasteiger partial charge in [-0.15, -0.1) is 0 Å². The van der Waals surface area contributed by atoms with E-state index in [4.69, 9.17) is 16.9 Å². The molecule has 1 aromatic carbocycles. The van der Waals surface area contributed by atoms with Crippen LogP contribution in [-0.4, -0.2) is 7.05 Å². The molecule has 0 spiro atoms. The van der Waals surface area contributed by atoms with Gasteiger partial charge in [0.05, 0.1) is 16.7 Å². The van der Waals surface area contributed by atoms with E-state index in [1.807, 2.05) is 19.2 Å². The number of halogens is 1. The van der Waals surface area contributed by atoms with Crippen LogP contribution < -0.4 is 4.72 Å². The van der Waals surface area contributed by atoms with Crippen molar-refractivity contribution in [3.63, 3.8) is 0 Å². The zero-order chi connectivity index (χ0) is 8.97. The Hall–Kier alpha value is -0.690. The van der Waals surface area contributed by atoms with Crippen molar-refractivity contribution in [1.29, 1.82) is 5.26 Å². The first-order chi connectivity index (χ1) is 5.77. The Kier molecular flexibility index (Phi) is 3.42. The molecule has 0 amide bonds. The molecule has 0 bridgehead atoms. The topological polar surface area (TPSA) is 35.8 Å². The van der Waals surface area contributed by atoms with Crippen molar-refractivity contribution >= 4 is 23.5 Å². The predicted molar refractivity (Wildman–Crippen MR) is 51.1 cm³/mol. The van der Waals surface area contributed by atoms with Crippen LogP contribution >= 0.6 is 23.5 Å². The smallest absolute Gasteiger partial charge is 0.0992 e. The van der Waals surface area contributed by atoms with E-state index in [0.29, 0.717) is 10.6 Å². The Morgan fingerprint density at radius 3 is 2.83 bits per heavy atom. The van der Waals surface area contributed by atoms with Gasteiger partial charge in [-0.1, -0.05) is 11.6 Å². The van der Waals surface area contributed by atoms with Crippen LogP contribution in [0.1, 0.15) is 5.56 Å². The molecule has 62 valence electrons. The largest absolute Gasteiger partial charge is 0.263 e. The lowest BCUT2D eigenvalue weighted by atomic mass is 10.2. The number of nitriles is 1. The minimum atomic E-state index is 0.584. The molecular formula is C8H7ClN2S. The van der Waals surface area contributed by atoms with Crippen LogP contribution in [0, 0.1) is 11.3 Å². The number of rotatable bonds is 2. The molecule has 0 heterocycles. The van der Waals surface area contributed by atoms with E-state index in [0.717, 1.165) is 4.90 Å². The molecule has 0 unspecified atom stereocenters. The Morgan fingerprint density at radius 1 is 1.58 bits per heavy atom. The average molecular weight is 199 g/mol. The van der Waals surface area contributed by atoms with Gasteiger partial charge >= 0.3 is 0 Å². The Balaban J connectivity index is 2.97. The summed E-state index contributed by atoms with van der Waals surface area (Å²) in [6, 6.07) is 7.24. The Morgan fingerprint density at radius 2 is 2.33 bits per heavy atom. The summed E-state index contributed by atoms with van der Waals surface area (Å²) in [5, 5.41) is 9.16. The Labute approximate surface area is 80.7 Å². The summed E-state index contributed by atoms with van der Waals surface area (Å²) in [7, 11) is 1.82. The van der Waals surface area contributed by atoms with Gasteiger partial charge in [0.1, 0.15) is 0 Å². The highest BCUT2D eigenvalue weighted by Gasteiger charge is 2.00. The SMILES string of the molecule is CNSc1ccc(C#N)cc1Cl. The second kappa shape index (κ2) is 4.36. The summed E-state index contributed by atoms with van der Waals surface area (Å²) < 4.78 is 2.91. The lowest BCUT2D eigenvalue weighted by molar-refractivity contribution is 1.27. The van der Waals surface area contributed by atoms with Crippen molar-refractivity contribution in [3.8, 4) is 6.07 Å². The lowest BCUT2D eigenvalue weighted by Crippen LogP contribution is -1.91. The first kappa shape index (κ1) is 9.40. The van der Waals surface area contributed by atoms with Gasteiger partial charge in [0.2, 0.25) is 0 Å². The molecular weight excluding hydrogens is 192 g/mol. The number of nitrogens with one attached hydrogen (secondary N) is 1. The second-order valence-corrected chi connectivity index (χ2v) is 3.52. The van der Waals surface area contributed by atoms with Gasteiger partial charge in [0, 0.05) is 4.90 Å². The van der Waals surface area contributed by atoms with Gasteiger partial charge in [0.25, 0.3) is 0 Å². The molecule has 0 aliphatic heterocycles. The summed E-state index contributed by atoms with van der Waals surface area (Å²) in [6.45, 7) is 0. The van der Waals surface area contributed by atoms with E-state index in [1.165, 1.54) is 11.9 Å². The number of hydrogen-bond acceptors (Lipinski definition) is 3. The minimum absolute atomic E-state index is 0.584. The van der Waals surface area contributed by atoms with Gasteiger partial charge in [0.15, 0.2) is 0 Å². The summed E-state index contributed by atoms with van der Waals surface area (Å²) in [4.78, 5) is 0.929. The van der Waals surface area contributed by atoms with Crippen molar-refractivity contribution in [2.45, 2.75) is 4.90 Å². The molecule has 0 fully saturated rings. The van der Waals surface area contributed by atoms with E-state index in [2.05, 4.69) is 4.72 Å². The molecule has 0 aromatic heterocycles. The monoisotopic (exact) mass is 198 g/mol. The fraction of sp³-hybridized carbons (Fsp3) is 0.125. The number of hydrogen-bond donors (Lipinski definition) is 1. The predicted octanol–water partition coefficient (Wildman–Crippen LogP) is 2.44. The molecule has 1 rings (SSSR count).